The van der Waals surface area contributed by atoms with E-state index in [-0.39, 0.29) is 18.9 Å². The molecule has 0 aliphatic carbocycles. The number of aliphatic hydroxyl groups is 1. The van der Waals surface area contributed by atoms with Crippen molar-refractivity contribution in [3.8, 4) is 0 Å². The van der Waals surface area contributed by atoms with Gasteiger partial charge in [0.25, 0.3) is 0 Å². The first-order valence-corrected chi connectivity index (χ1v) is 9.51. The molecule has 168 valence electrons. The molecule has 1 heterocycles. The minimum atomic E-state index is -4.89. The molecule has 4 atom stereocenters. The molecule has 1 rings (SSSR count). The van der Waals surface area contributed by atoms with Crippen molar-refractivity contribution in [1.82, 2.24) is 15.5 Å². The zero-order valence-corrected chi connectivity index (χ0v) is 17.2. The summed E-state index contributed by atoms with van der Waals surface area (Å²) in [5.74, 6) is -2.27. The second-order valence-electron chi connectivity index (χ2n) is 7.81. The van der Waals surface area contributed by atoms with Crippen LogP contribution in [-0.4, -0.2) is 72.0 Å². The molecule has 1 saturated heterocycles. The van der Waals surface area contributed by atoms with E-state index in [0.717, 1.165) is 7.11 Å². The van der Waals surface area contributed by atoms with Crippen LogP contribution in [0.25, 0.3) is 0 Å². The summed E-state index contributed by atoms with van der Waals surface area (Å²) in [4.78, 5) is 38.4. The van der Waals surface area contributed by atoms with Gasteiger partial charge < -0.3 is 25.4 Å². The fraction of sp³-hybridized carbons (Fsp3) is 0.833. The van der Waals surface area contributed by atoms with Crippen molar-refractivity contribution in [2.45, 2.75) is 70.9 Å². The number of hydrogen-bond donors (Lipinski definition) is 3. The second-order valence-corrected chi connectivity index (χ2v) is 7.81. The number of amides is 3. The summed E-state index contributed by atoms with van der Waals surface area (Å²) >= 11 is 0. The third kappa shape index (κ3) is 6.48. The lowest BCUT2D eigenvalue weighted by Gasteiger charge is -2.33. The van der Waals surface area contributed by atoms with E-state index < -0.39 is 54.2 Å². The van der Waals surface area contributed by atoms with Crippen LogP contribution in [-0.2, 0) is 14.3 Å². The van der Waals surface area contributed by atoms with Crippen molar-refractivity contribution < 1.29 is 37.4 Å². The number of nitrogens with zero attached hydrogens (tertiary/aromatic N) is 1. The number of likely N-dealkylation sites (tertiary alicyclic amines) is 1. The van der Waals surface area contributed by atoms with Crippen molar-refractivity contribution in [2.24, 2.45) is 11.8 Å². The lowest BCUT2D eigenvalue weighted by Crippen LogP contribution is -2.59. The number of hydrogen-bond acceptors (Lipinski definition) is 5. The molecule has 11 heteroatoms. The number of carbonyl (C=O) groups excluding carboxylic acids is 3. The zero-order chi connectivity index (χ0) is 22.5. The summed E-state index contributed by atoms with van der Waals surface area (Å²) in [5, 5.41) is 14.3. The molecule has 0 aromatic carbocycles. The zero-order valence-electron chi connectivity index (χ0n) is 17.2. The Bertz CT molecular complexity index is 598. The number of carbonyl (C=O) groups is 3. The van der Waals surface area contributed by atoms with Gasteiger partial charge in [-0.05, 0) is 24.7 Å². The number of rotatable bonds is 7. The highest BCUT2D eigenvalue weighted by atomic mass is 19.4. The van der Waals surface area contributed by atoms with Crippen LogP contribution < -0.4 is 10.6 Å². The van der Waals surface area contributed by atoms with Gasteiger partial charge >= 0.3 is 12.3 Å². The van der Waals surface area contributed by atoms with Crippen molar-refractivity contribution in [3.63, 3.8) is 0 Å². The predicted octanol–water partition coefficient (Wildman–Crippen LogP) is 1.42. The lowest BCUT2D eigenvalue weighted by molar-refractivity contribution is -0.215. The van der Waals surface area contributed by atoms with E-state index in [4.69, 9.17) is 0 Å². The molecule has 29 heavy (non-hydrogen) atoms. The van der Waals surface area contributed by atoms with Crippen molar-refractivity contribution in [2.75, 3.05) is 13.7 Å². The number of aliphatic hydroxyl groups excluding tert-OH is 1. The van der Waals surface area contributed by atoms with Crippen LogP contribution in [0.1, 0.15) is 40.5 Å². The summed E-state index contributed by atoms with van der Waals surface area (Å²) < 4.78 is 43.3. The summed E-state index contributed by atoms with van der Waals surface area (Å²) in [6.07, 6.45) is -7.65. The molecule has 0 spiro atoms. The number of halogens is 3. The summed E-state index contributed by atoms with van der Waals surface area (Å²) in [5.41, 5.74) is 0. The number of alkyl halides is 3. The van der Waals surface area contributed by atoms with E-state index >= 15 is 0 Å². The van der Waals surface area contributed by atoms with Gasteiger partial charge in [-0.3, -0.25) is 9.59 Å². The Morgan fingerprint density at radius 1 is 1.10 bits per heavy atom. The van der Waals surface area contributed by atoms with Gasteiger partial charge in [0.2, 0.25) is 11.8 Å². The SMILES string of the molecule is COC(=O)N[C@H](C(=O)N1CCC[C@H]1C(=O)NC(C(C)C)[C@@H](O)C(F)(F)F)C(C)C. The molecule has 0 saturated carbocycles. The standard InChI is InChI=1S/C18H30F3N3O5/c1-9(2)12(14(25)18(19,20)21)22-15(26)11-7-6-8-24(11)16(27)13(10(3)4)23-17(28)29-5/h9-14,25H,6-8H2,1-5H3,(H,22,26)(H,23,28)/t11-,12?,13-,14+/m0/s1. The average molecular weight is 425 g/mol. The van der Waals surface area contributed by atoms with E-state index in [1.807, 2.05) is 0 Å². The first-order valence-electron chi connectivity index (χ1n) is 9.51. The minimum absolute atomic E-state index is 0.233. The molecule has 0 aromatic rings. The van der Waals surface area contributed by atoms with Crippen LogP contribution in [0.4, 0.5) is 18.0 Å². The molecule has 1 fully saturated rings. The Morgan fingerprint density at radius 2 is 1.69 bits per heavy atom. The monoisotopic (exact) mass is 425 g/mol. The molecule has 1 aliphatic rings. The molecule has 8 nitrogen and oxygen atoms in total. The van der Waals surface area contributed by atoms with Gasteiger partial charge in [-0.2, -0.15) is 13.2 Å². The first kappa shape index (κ1) is 25.0. The van der Waals surface area contributed by atoms with Gasteiger partial charge in [0.05, 0.1) is 13.2 Å². The molecular weight excluding hydrogens is 395 g/mol. The molecular formula is C18H30F3N3O5. The van der Waals surface area contributed by atoms with Crippen LogP contribution in [0, 0.1) is 11.8 Å². The van der Waals surface area contributed by atoms with Crippen LogP contribution in [0.15, 0.2) is 0 Å². The Balaban J connectivity index is 2.97. The molecule has 0 radical (unpaired) electrons. The van der Waals surface area contributed by atoms with Gasteiger partial charge in [0.1, 0.15) is 12.1 Å². The third-order valence-corrected chi connectivity index (χ3v) is 4.93. The van der Waals surface area contributed by atoms with Gasteiger partial charge in [0.15, 0.2) is 6.10 Å². The average Bonchev–Trinajstić information content (AvgIpc) is 3.11. The smallest absolute Gasteiger partial charge is 0.416 e. The molecule has 3 N–H and O–H groups in total. The number of nitrogens with one attached hydrogen (secondary N) is 2. The highest BCUT2D eigenvalue weighted by molar-refractivity contribution is 5.92. The first-order chi connectivity index (χ1) is 13.3. The quantitative estimate of drug-likeness (QED) is 0.572. The van der Waals surface area contributed by atoms with Gasteiger partial charge in [0, 0.05) is 6.54 Å². The van der Waals surface area contributed by atoms with Crippen LogP contribution in [0.3, 0.4) is 0 Å². The summed E-state index contributed by atoms with van der Waals surface area (Å²) in [7, 11) is 1.15. The Hall–Kier alpha value is -2.04. The highest BCUT2D eigenvalue weighted by Gasteiger charge is 2.46. The normalized spacial score (nSPS) is 20.4. The van der Waals surface area contributed by atoms with Gasteiger partial charge in [-0.25, -0.2) is 4.79 Å². The molecule has 0 aromatic heterocycles. The van der Waals surface area contributed by atoms with Gasteiger partial charge in [-0.15, -0.1) is 0 Å². The summed E-state index contributed by atoms with van der Waals surface area (Å²) in [6, 6.07) is -3.48. The van der Waals surface area contributed by atoms with Gasteiger partial charge in [-0.1, -0.05) is 27.7 Å². The van der Waals surface area contributed by atoms with Crippen molar-refractivity contribution in [1.29, 1.82) is 0 Å². The fourth-order valence-electron chi connectivity index (χ4n) is 3.26. The number of ether oxygens (including phenoxy) is 1. The van der Waals surface area contributed by atoms with Crippen LogP contribution >= 0.6 is 0 Å². The van der Waals surface area contributed by atoms with Crippen molar-refractivity contribution in [3.05, 3.63) is 0 Å². The van der Waals surface area contributed by atoms with E-state index in [0.29, 0.717) is 6.42 Å². The van der Waals surface area contributed by atoms with E-state index in [1.165, 1.54) is 18.7 Å². The Kier molecular flexibility index (Phi) is 8.73. The highest BCUT2D eigenvalue weighted by Crippen LogP contribution is 2.26. The second kappa shape index (κ2) is 10.1. The molecule has 3 amide bonds. The molecule has 1 aliphatic heterocycles. The number of methoxy groups -OCH3 is 1. The van der Waals surface area contributed by atoms with E-state index in [9.17, 15) is 32.7 Å². The van der Waals surface area contributed by atoms with Crippen molar-refractivity contribution >= 4 is 17.9 Å². The largest absolute Gasteiger partial charge is 0.453 e. The van der Waals surface area contributed by atoms with Crippen LogP contribution in [0.5, 0.6) is 0 Å². The maximum Gasteiger partial charge on any atom is 0.416 e. The van der Waals surface area contributed by atoms with Crippen LogP contribution in [0.2, 0.25) is 0 Å². The third-order valence-electron chi connectivity index (χ3n) is 4.93. The predicted molar refractivity (Wildman–Crippen MR) is 97.7 cm³/mol. The van der Waals surface area contributed by atoms with E-state index in [2.05, 4.69) is 15.4 Å². The minimum Gasteiger partial charge on any atom is -0.453 e. The fourth-order valence-corrected chi connectivity index (χ4v) is 3.26. The number of alkyl carbamates (subject to hydrolysis) is 1. The molecule has 0 bridgehead atoms. The van der Waals surface area contributed by atoms with E-state index in [1.54, 1.807) is 13.8 Å². The topological polar surface area (TPSA) is 108 Å². The maximum atomic E-state index is 12.9. The summed E-state index contributed by atoms with van der Waals surface area (Å²) in [6.45, 7) is 6.55. The molecule has 1 unspecified atom stereocenters. The Labute approximate surface area is 168 Å². The Morgan fingerprint density at radius 3 is 2.14 bits per heavy atom. The lowest BCUT2D eigenvalue weighted by atomic mass is 9.97. The maximum absolute atomic E-state index is 12.9.